The molecule has 0 aromatic carbocycles. The van der Waals surface area contributed by atoms with Crippen LogP contribution in [0.1, 0.15) is 19.8 Å². The van der Waals surface area contributed by atoms with Gasteiger partial charge < -0.3 is 10.6 Å². The van der Waals surface area contributed by atoms with Crippen molar-refractivity contribution in [1.82, 2.24) is 9.97 Å². The summed E-state index contributed by atoms with van der Waals surface area (Å²) in [6.45, 7) is 2.67. The molecule has 5 nitrogen and oxygen atoms in total. The second-order valence-corrected chi connectivity index (χ2v) is 5.68. The molecule has 0 saturated carbocycles. The maximum atomic E-state index is 11.3. The van der Waals surface area contributed by atoms with Gasteiger partial charge in [0, 0.05) is 18.8 Å². The van der Waals surface area contributed by atoms with Gasteiger partial charge in [0.05, 0.1) is 10.4 Å². The largest absolute Gasteiger partial charge is 0.369 e. The number of hydrogen-bond donors (Lipinski definition) is 1. The van der Waals surface area contributed by atoms with Gasteiger partial charge in [-0.15, -0.1) is 0 Å². The van der Waals surface area contributed by atoms with Gasteiger partial charge >= 0.3 is 0 Å². The summed E-state index contributed by atoms with van der Waals surface area (Å²) >= 11 is 9.23. The fraction of sp³-hybridized carbons (Fsp3) is 0.545. The quantitative estimate of drug-likeness (QED) is 0.840. The third-order valence-electron chi connectivity index (χ3n) is 3.25. The maximum Gasteiger partial charge on any atom is 0.224 e. The lowest BCUT2D eigenvalue weighted by Crippen LogP contribution is -2.46. The zero-order chi connectivity index (χ0) is 13.3. The number of nitrogens with two attached hydrogens (primary N) is 1. The number of aromatic nitrogens is 2. The molecule has 2 atom stereocenters. The van der Waals surface area contributed by atoms with E-state index in [-0.39, 0.29) is 17.1 Å². The van der Waals surface area contributed by atoms with E-state index in [0.29, 0.717) is 18.4 Å². The van der Waals surface area contributed by atoms with Crippen molar-refractivity contribution in [3.63, 3.8) is 0 Å². The van der Waals surface area contributed by atoms with E-state index in [2.05, 4.69) is 37.7 Å². The summed E-state index contributed by atoms with van der Waals surface area (Å²) in [7, 11) is 0. The van der Waals surface area contributed by atoms with Gasteiger partial charge in [0.15, 0.2) is 0 Å². The van der Waals surface area contributed by atoms with E-state index in [4.69, 9.17) is 17.3 Å². The number of primary amides is 1. The number of anilines is 1. The Hall–Kier alpha value is -0.880. The van der Waals surface area contributed by atoms with Gasteiger partial charge in [-0.1, -0.05) is 0 Å². The van der Waals surface area contributed by atoms with Crippen LogP contribution in [0.15, 0.2) is 10.7 Å². The molecule has 2 heterocycles. The molecule has 18 heavy (non-hydrogen) atoms. The molecular weight excluding hydrogens is 320 g/mol. The second kappa shape index (κ2) is 5.40. The van der Waals surface area contributed by atoms with Crippen LogP contribution < -0.4 is 10.6 Å². The Morgan fingerprint density at radius 2 is 2.33 bits per heavy atom. The van der Waals surface area contributed by atoms with Crippen LogP contribution in [0.2, 0.25) is 5.28 Å². The smallest absolute Gasteiger partial charge is 0.224 e. The predicted octanol–water partition coefficient (Wildman–Crippen LogP) is 1.98. The van der Waals surface area contributed by atoms with Gasteiger partial charge in [0.25, 0.3) is 0 Å². The highest BCUT2D eigenvalue weighted by Gasteiger charge is 2.30. The predicted molar refractivity (Wildman–Crippen MR) is 73.5 cm³/mol. The average molecular weight is 334 g/mol. The lowest BCUT2D eigenvalue weighted by atomic mass is 9.93. The topological polar surface area (TPSA) is 72.1 Å². The SMILES string of the molecule is CC1CCC(C(N)=O)CN1c1nc(Cl)ncc1Br. The van der Waals surface area contributed by atoms with Gasteiger partial charge in [0.1, 0.15) is 5.82 Å². The Kier molecular flexibility index (Phi) is 4.07. The molecule has 1 aliphatic heterocycles. The number of nitrogens with zero attached hydrogens (tertiary/aromatic N) is 3. The second-order valence-electron chi connectivity index (χ2n) is 4.49. The van der Waals surface area contributed by atoms with Gasteiger partial charge in [0.2, 0.25) is 11.2 Å². The summed E-state index contributed by atoms with van der Waals surface area (Å²) in [5, 5.41) is 0.196. The summed E-state index contributed by atoms with van der Waals surface area (Å²) in [4.78, 5) is 21.5. The molecule has 2 rings (SSSR count). The van der Waals surface area contributed by atoms with Crippen molar-refractivity contribution in [2.24, 2.45) is 11.7 Å². The van der Waals surface area contributed by atoms with Crippen molar-refractivity contribution in [1.29, 1.82) is 0 Å². The number of piperidine rings is 1. The highest BCUT2D eigenvalue weighted by molar-refractivity contribution is 9.10. The average Bonchev–Trinajstić information content (AvgIpc) is 2.33. The first-order chi connectivity index (χ1) is 8.49. The molecule has 0 radical (unpaired) electrons. The van der Waals surface area contributed by atoms with E-state index in [1.54, 1.807) is 6.20 Å². The lowest BCUT2D eigenvalue weighted by Gasteiger charge is -2.38. The van der Waals surface area contributed by atoms with Crippen molar-refractivity contribution in [3.05, 3.63) is 16.0 Å². The third kappa shape index (κ3) is 2.75. The fourth-order valence-corrected chi connectivity index (χ4v) is 2.72. The first-order valence-electron chi connectivity index (χ1n) is 5.73. The van der Waals surface area contributed by atoms with Gasteiger partial charge in [-0.25, -0.2) is 4.98 Å². The standard InChI is InChI=1S/C11H14BrClN4O/c1-6-2-3-7(9(14)18)5-17(6)10-8(12)4-15-11(13)16-10/h4,6-7H,2-3,5H2,1H3,(H2,14,18). The van der Waals surface area contributed by atoms with Crippen molar-refractivity contribution < 1.29 is 4.79 Å². The number of amides is 1. The Balaban J connectivity index is 2.29. The molecule has 2 N–H and O–H groups in total. The third-order valence-corrected chi connectivity index (χ3v) is 3.99. The van der Waals surface area contributed by atoms with Crippen LogP contribution in [0.25, 0.3) is 0 Å². The molecule has 2 unspecified atom stereocenters. The minimum atomic E-state index is -0.261. The molecule has 1 amide bonds. The Bertz CT molecular complexity index is 470. The molecule has 1 aromatic heterocycles. The molecular formula is C11H14BrClN4O. The number of hydrogen-bond acceptors (Lipinski definition) is 4. The van der Waals surface area contributed by atoms with E-state index in [1.807, 2.05) is 0 Å². The highest BCUT2D eigenvalue weighted by Crippen LogP contribution is 2.31. The van der Waals surface area contributed by atoms with Crippen LogP contribution in [0, 0.1) is 5.92 Å². The molecule has 1 fully saturated rings. The van der Waals surface area contributed by atoms with Crippen molar-refractivity contribution >= 4 is 39.3 Å². The normalized spacial score (nSPS) is 24.1. The van der Waals surface area contributed by atoms with Crippen molar-refractivity contribution in [2.75, 3.05) is 11.4 Å². The first kappa shape index (κ1) is 13.5. The number of halogens is 2. The van der Waals surface area contributed by atoms with Gasteiger partial charge in [-0.3, -0.25) is 4.79 Å². The zero-order valence-electron chi connectivity index (χ0n) is 9.94. The molecule has 7 heteroatoms. The molecule has 1 aromatic rings. The Morgan fingerprint density at radius 3 is 3.00 bits per heavy atom. The van der Waals surface area contributed by atoms with Gasteiger partial charge in [-0.05, 0) is 47.3 Å². The van der Waals surface area contributed by atoms with Crippen molar-refractivity contribution in [3.8, 4) is 0 Å². The number of carbonyl (C=O) groups is 1. The maximum absolute atomic E-state index is 11.3. The van der Waals surface area contributed by atoms with E-state index < -0.39 is 0 Å². The fourth-order valence-electron chi connectivity index (χ4n) is 2.17. The Labute approximate surface area is 119 Å². The van der Waals surface area contributed by atoms with Crippen LogP contribution in [0.3, 0.4) is 0 Å². The van der Waals surface area contributed by atoms with Crippen molar-refractivity contribution in [2.45, 2.75) is 25.8 Å². The molecule has 1 aliphatic rings. The van der Waals surface area contributed by atoms with Crippen LogP contribution in [0.4, 0.5) is 5.82 Å². The minimum Gasteiger partial charge on any atom is -0.369 e. The van der Waals surface area contributed by atoms with Crippen LogP contribution in [0.5, 0.6) is 0 Å². The summed E-state index contributed by atoms with van der Waals surface area (Å²) in [5.41, 5.74) is 5.38. The first-order valence-corrected chi connectivity index (χ1v) is 6.90. The lowest BCUT2D eigenvalue weighted by molar-refractivity contribution is -0.122. The van der Waals surface area contributed by atoms with Crippen LogP contribution in [-0.2, 0) is 4.79 Å². The Morgan fingerprint density at radius 1 is 1.61 bits per heavy atom. The molecule has 0 aliphatic carbocycles. The summed E-state index contributed by atoms with van der Waals surface area (Å²) in [5.74, 6) is 0.318. The molecule has 0 bridgehead atoms. The molecule has 0 spiro atoms. The molecule has 98 valence electrons. The van der Waals surface area contributed by atoms with E-state index >= 15 is 0 Å². The summed E-state index contributed by atoms with van der Waals surface area (Å²) in [6.07, 6.45) is 3.34. The van der Waals surface area contributed by atoms with E-state index in [9.17, 15) is 4.79 Å². The minimum absolute atomic E-state index is 0.137. The van der Waals surface area contributed by atoms with E-state index in [0.717, 1.165) is 17.3 Å². The van der Waals surface area contributed by atoms with Gasteiger partial charge in [-0.2, -0.15) is 4.98 Å². The molecule has 1 saturated heterocycles. The summed E-state index contributed by atoms with van der Waals surface area (Å²) in [6, 6.07) is 0.294. The van der Waals surface area contributed by atoms with Crippen LogP contribution in [-0.4, -0.2) is 28.5 Å². The number of carbonyl (C=O) groups excluding carboxylic acids is 1. The summed E-state index contributed by atoms with van der Waals surface area (Å²) < 4.78 is 0.767. The number of rotatable bonds is 2. The van der Waals surface area contributed by atoms with Crippen LogP contribution >= 0.6 is 27.5 Å². The van der Waals surface area contributed by atoms with E-state index in [1.165, 1.54) is 0 Å². The zero-order valence-corrected chi connectivity index (χ0v) is 12.3. The monoisotopic (exact) mass is 332 g/mol. The highest BCUT2D eigenvalue weighted by atomic mass is 79.9.